The van der Waals surface area contributed by atoms with Crippen LogP contribution < -0.4 is 18.9 Å². The van der Waals surface area contributed by atoms with Gasteiger partial charge in [-0.15, -0.1) is 0 Å². The molecule has 2 aromatic heterocycles. The number of carbonyl (C=O) groups is 1. The van der Waals surface area contributed by atoms with E-state index in [1.165, 1.54) is 6.07 Å². The van der Waals surface area contributed by atoms with Crippen molar-refractivity contribution in [1.29, 1.82) is 0 Å². The van der Waals surface area contributed by atoms with Gasteiger partial charge in [-0.25, -0.2) is 4.98 Å². The molecule has 2 aromatic carbocycles. The summed E-state index contributed by atoms with van der Waals surface area (Å²) in [5.74, 6) is 2.36. The van der Waals surface area contributed by atoms with Crippen LogP contribution in [0, 0.1) is 6.92 Å². The Labute approximate surface area is 213 Å². The van der Waals surface area contributed by atoms with Crippen molar-refractivity contribution < 1.29 is 23.7 Å². The van der Waals surface area contributed by atoms with E-state index in [4.69, 9.17) is 30.5 Å². The van der Waals surface area contributed by atoms with Gasteiger partial charge in [-0.05, 0) is 53.9 Å². The smallest absolute Gasteiger partial charge is 0.224 e. The molecule has 3 heterocycles. The number of aldehydes is 1. The Morgan fingerprint density at radius 3 is 2.67 bits per heavy atom. The van der Waals surface area contributed by atoms with Gasteiger partial charge in [-0.3, -0.25) is 9.78 Å². The largest absolute Gasteiger partial charge is 0.487 e. The van der Waals surface area contributed by atoms with Crippen LogP contribution in [0.2, 0.25) is 5.02 Å². The number of aromatic nitrogens is 2. The zero-order chi connectivity index (χ0) is 24.9. The molecule has 8 heteroatoms. The first-order chi connectivity index (χ1) is 17.6. The molecule has 36 heavy (non-hydrogen) atoms. The zero-order valence-corrected chi connectivity index (χ0v) is 20.3. The Morgan fingerprint density at radius 2 is 1.86 bits per heavy atom. The number of hydrogen-bond donors (Lipinski definition) is 0. The van der Waals surface area contributed by atoms with Crippen LogP contribution in [0.1, 0.15) is 27.2 Å². The van der Waals surface area contributed by atoms with E-state index in [1.807, 2.05) is 55.5 Å². The number of nitrogens with zero attached hydrogens (tertiary/aromatic N) is 2. The highest BCUT2D eigenvalue weighted by Gasteiger charge is 2.16. The number of hydrogen-bond acceptors (Lipinski definition) is 7. The number of halogens is 1. The van der Waals surface area contributed by atoms with E-state index >= 15 is 0 Å². The van der Waals surface area contributed by atoms with Crippen LogP contribution in [-0.4, -0.2) is 29.5 Å². The number of ether oxygens (including phenoxy) is 4. The predicted molar refractivity (Wildman–Crippen MR) is 135 cm³/mol. The molecule has 5 rings (SSSR count). The average Bonchev–Trinajstić information content (AvgIpc) is 2.92. The molecule has 0 saturated carbocycles. The summed E-state index contributed by atoms with van der Waals surface area (Å²) in [6, 6.07) is 17.0. The second-order valence-corrected chi connectivity index (χ2v) is 8.56. The Hall–Kier alpha value is -4.10. The highest BCUT2D eigenvalue weighted by Crippen LogP contribution is 2.37. The summed E-state index contributed by atoms with van der Waals surface area (Å²) in [6.45, 7) is 3.40. The summed E-state index contributed by atoms with van der Waals surface area (Å²) in [5.41, 5.74) is 4.57. The van der Waals surface area contributed by atoms with Gasteiger partial charge in [0.25, 0.3) is 0 Å². The fourth-order valence-corrected chi connectivity index (χ4v) is 4.11. The quantitative estimate of drug-likeness (QED) is 0.280. The number of carbonyl (C=O) groups excluding carboxylic acids is 1. The van der Waals surface area contributed by atoms with Gasteiger partial charge in [-0.2, -0.15) is 0 Å². The molecule has 0 fully saturated rings. The van der Waals surface area contributed by atoms with E-state index in [0.29, 0.717) is 36.0 Å². The van der Waals surface area contributed by atoms with Crippen molar-refractivity contribution in [2.45, 2.75) is 20.1 Å². The number of rotatable bonds is 8. The Morgan fingerprint density at radius 1 is 1.00 bits per heavy atom. The van der Waals surface area contributed by atoms with E-state index in [1.54, 1.807) is 12.4 Å². The van der Waals surface area contributed by atoms with Crippen molar-refractivity contribution in [1.82, 2.24) is 9.97 Å². The Bertz CT molecular complexity index is 1390. The van der Waals surface area contributed by atoms with E-state index in [9.17, 15) is 4.79 Å². The summed E-state index contributed by atoms with van der Waals surface area (Å²) in [6.07, 6.45) is 4.04. The van der Waals surface area contributed by atoms with Crippen LogP contribution >= 0.6 is 11.6 Å². The molecule has 0 amide bonds. The van der Waals surface area contributed by atoms with Gasteiger partial charge < -0.3 is 18.9 Å². The molecule has 1 aliphatic heterocycles. The van der Waals surface area contributed by atoms with Crippen molar-refractivity contribution >= 4 is 17.9 Å². The second-order valence-electron chi connectivity index (χ2n) is 8.15. The molecule has 0 spiro atoms. The van der Waals surface area contributed by atoms with Crippen molar-refractivity contribution in [2.24, 2.45) is 0 Å². The maximum Gasteiger partial charge on any atom is 0.224 e. The fraction of sp³-hybridized carbons (Fsp3) is 0.179. The van der Waals surface area contributed by atoms with Crippen molar-refractivity contribution in [2.75, 3.05) is 13.2 Å². The summed E-state index contributed by atoms with van der Waals surface area (Å²) in [4.78, 5) is 20.1. The first kappa shape index (κ1) is 23.6. The first-order valence-corrected chi connectivity index (χ1v) is 11.8. The predicted octanol–water partition coefficient (Wildman–Crippen LogP) is 5.85. The molecular formula is C28H23ClN2O5. The van der Waals surface area contributed by atoms with E-state index in [2.05, 4.69) is 9.97 Å². The molecule has 0 bridgehead atoms. The van der Waals surface area contributed by atoms with Gasteiger partial charge in [0.2, 0.25) is 5.88 Å². The maximum absolute atomic E-state index is 11.5. The molecule has 0 atom stereocenters. The summed E-state index contributed by atoms with van der Waals surface area (Å²) in [7, 11) is 0. The zero-order valence-electron chi connectivity index (χ0n) is 19.6. The maximum atomic E-state index is 11.5. The first-order valence-electron chi connectivity index (χ1n) is 11.4. The minimum absolute atomic E-state index is 0.104. The third-order valence-electron chi connectivity index (χ3n) is 5.77. The lowest BCUT2D eigenvalue weighted by atomic mass is 9.99. The van der Waals surface area contributed by atoms with Crippen LogP contribution in [0.4, 0.5) is 0 Å². The monoisotopic (exact) mass is 502 g/mol. The van der Waals surface area contributed by atoms with E-state index in [0.717, 1.165) is 33.8 Å². The van der Waals surface area contributed by atoms with Gasteiger partial charge in [0.05, 0.1) is 10.6 Å². The van der Waals surface area contributed by atoms with Crippen molar-refractivity contribution in [3.8, 4) is 34.3 Å². The molecular weight excluding hydrogens is 480 g/mol. The van der Waals surface area contributed by atoms with Crippen molar-refractivity contribution in [3.63, 3.8) is 0 Å². The second kappa shape index (κ2) is 10.7. The highest BCUT2D eigenvalue weighted by atomic mass is 35.5. The normalized spacial score (nSPS) is 12.2. The van der Waals surface area contributed by atoms with Gasteiger partial charge in [-0.1, -0.05) is 35.9 Å². The molecule has 182 valence electrons. The standard InChI is InChI=1S/C28H23ClN2O5/c1-18-22(20-7-8-26-27(13-20)34-11-10-33-26)5-2-6-25(18)35-17-24-23(29)12-21(15-32)28(31-24)36-16-19-4-3-9-30-14-19/h2-9,12-15H,10-11,16-17H2,1H3. The Balaban J connectivity index is 1.35. The SMILES string of the molecule is Cc1c(OCc2nc(OCc3cccnc3)c(C=O)cc2Cl)cccc1-c1ccc2c(c1)OCCO2. The van der Waals surface area contributed by atoms with Gasteiger partial charge in [0.1, 0.15) is 37.9 Å². The molecule has 0 aliphatic carbocycles. The topological polar surface area (TPSA) is 79.8 Å². The van der Waals surface area contributed by atoms with Gasteiger partial charge in [0.15, 0.2) is 17.8 Å². The minimum atomic E-state index is 0.104. The lowest BCUT2D eigenvalue weighted by Gasteiger charge is -2.20. The van der Waals surface area contributed by atoms with Crippen LogP contribution in [0.25, 0.3) is 11.1 Å². The van der Waals surface area contributed by atoms with Gasteiger partial charge in [0, 0.05) is 18.0 Å². The highest BCUT2D eigenvalue weighted by molar-refractivity contribution is 6.31. The summed E-state index contributed by atoms with van der Waals surface area (Å²) < 4.78 is 23.3. The van der Waals surface area contributed by atoms with E-state index < -0.39 is 0 Å². The van der Waals surface area contributed by atoms with Crippen LogP contribution in [0.3, 0.4) is 0 Å². The number of fused-ring (bicyclic) bond motifs is 1. The van der Waals surface area contributed by atoms with Crippen molar-refractivity contribution in [3.05, 3.63) is 94.4 Å². The molecule has 7 nitrogen and oxygen atoms in total. The number of benzene rings is 2. The molecule has 1 aliphatic rings. The molecule has 0 N–H and O–H groups in total. The van der Waals surface area contributed by atoms with Crippen LogP contribution in [0.15, 0.2) is 67.0 Å². The lowest BCUT2D eigenvalue weighted by Crippen LogP contribution is -2.15. The third kappa shape index (κ3) is 5.11. The minimum Gasteiger partial charge on any atom is -0.487 e. The fourth-order valence-electron chi connectivity index (χ4n) is 3.90. The number of pyridine rings is 2. The average molecular weight is 503 g/mol. The van der Waals surface area contributed by atoms with Crippen LogP contribution in [0.5, 0.6) is 23.1 Å². The Kier molecular flexibility index (Phi) is 7.00. The molecule has 4 aromatic rings. The third-order valence-corrected chi connectivity index (χ3v) is 6.10. The molecule has 0 radical (unpaired) electrons. The molecule has 0 unspecified atom stereocenters. The van der Waals surface area contributed by atoms with Crippen LogP contribution in [-0.2, 0) is 13.2 Å². The van der Waals surface area contributed by atoms with E-state index in [-0.39, 0.29) is 24.7 Å². The summed E-state index contributed by atoms with van der Waals surface area (Å²) in [5, 5.41) is 0.325. The summed E-state index contributed by atoms with van der Waals surface area (Å²) >= 11 is 6.41. The lowest BCUT2D eigenvalue weighted by molar-refractivity contribution is 0.111. The molecule has 0 saturated heterocycles. The van der Waals surface area contributed by atoms with Gasteiger partial charge >= 0.3 is 0 Å².